The first-order valence-electron chi connectivity index (χ1n) is 8.26. The van der Waals surface area contributed by atoms with Crippen LogP contribution in [0.25, 0.3) is 0 Å². The van der Waals surface area contributed by atoms with Gasteiger partial charge in [-0.15, -0.1) is 0 Å². The second-order valence-electron chi connectivity index (χ2n) is 6.64. The van der Waals surface area contributed by atoms with Gasteiger partial charge < -0.3 is 4.90 Å². The molecule has 2 amide bonds. The van der Waals surface area contributed by atoms with Crippen LogP contribution in [0.4, 0.5) is 5.69 Å². The Kier molecular flexibility index (Phi) is 4.35. The van der Waals surface area contributed by atoms with Gasteiger partial charge >= 0.3 is 0 Å². The normalized spacial score (nSPS) is 20.0. The van der Waals surface area contributed by atoms with Gasteiger partial charge in [0.2, 0.25) is 0 Å². The third-order valence-corrected chi connectivity index (χ3v) is 5.41. The summed E-state index contributed by atoms with van der Waals surface area (Å²) < 4.78 is 0. The maximum atomic E-state index is 11.8. The highest BCUT2D eigenvalue weighted by Gasteiger charge is 2.28. The molecule has 2 aliphatic heterocycles. The minimum Gasteiger partial charge on any atom is -0.301 e. The number of anilines is 1. The number of fused-ring (bicyclic) bond motifs is 1. The Bertz CT molecular complexity index is 920. The van der Waals surface area contributed by atoms with Gasteiger partial charge in [0.1, 0.15) is 0 Å². The van der Waals surface area contributed by atoms with E-state index in [1.165, 1.54) is 17.1 Å². The van der Waals surface area contributed by atoms with Crippen LogP contribution in [0.5, 0.6) is 0 Å². The van der Waals surface area contributed by atoms with Crippen molar-refractivity contribution in [2.75, 3.05) is 18.5 Å². The highest BCUT2D eigenvalue weighted by atomic mass is 35.5. The third-order valence-electron chi connectivity index (χ3n) is 4.86. The van der Waals surface area contributed by atoms with Crippen LogP contribution in [-0.2, 0) is 16.1 Å². The Morgan fingerprint density at radius 3 is 2.31 bits per heavy atom. The van der Waals surface area contributed by atoms with E-state index in [4.69, 9.17) is 23.2 Å². The van der Waals surface area contributed by atoms with Gasteiger partial charge in [-0.1, -0.05) is 35.3 Å². The lowest BCUT2D eigenvalue weighted by atomic mass is 9.84. The largest absolute Gasteiger partial charge is 0.301 e. The van der Waals surface area contributed by atoms with Gasteiger partial charge in [0, 0.05) is 41.2 Å². The second kappa shape index (κ2) is 6.54. The monoisotopic (exact) mass is 386 g/mol. The molecule has 2 aromatic carbocycles. The van der Waals surface area contributed by atoms with Crippen molar-refractivity contribution in [1.82, 2.24) is 4.90 Å². The van der Waals surface area contributed by atoms with Crippen molar-refractivity contribution in [3.63, 3.8) is 0 Å². The standard InChI is InChI=1S/C20H16Cl2N2O2/c1-23-10-16(15-8-13(21)9-18(22)17(15)11-23)12-2-4-14(5-3-12)24-19(25)6-7-20(24)26/h2-9,16H,10-11H2,1H3. The van der Waals surface area contributed by atoms with Gasteiger partial charge in [0.25, 0.3) is 11.8 Å². The van der Waals surface area contributed by atoms with E-state index in [-0.39, 0.29) is 17.7 Å². The SMILES string of the molecule is CN1Cc2c(Cl)cc(Cl)cc2C(c2ccc(N3C(=O)C=CC3=O)cc2)C1. The first-order chi connectivity index (χ1) is 12.4. The van der Waals surface area contributed by atoms with Crippen molar-refractivity contribution in [1.29, 1.82) is 0 Å². The summed E-state index contributed by atoms with van der Waals surface area (Å²) in [6.45, 7) is 1.62. The molecule has 0 bridgehead atoms. The summed E-state index contributed by atoms with van der Waals surface area (Å²) in [5.74, 6) is -0.509. The molecular weight excluding hydrogens is 371 g/mol. The summed E-state index contributed by atoms with van der Waals surface area (Å²) in [4.78, 5) is 27.1. The van der Waals surface area contributed by atoms with Crippen LogP contribution >= 0.6 is 23.2 Å². The summed E-state index contributed by atoms with van der Waals surface area (Å²) >= 11 is 12.6. The lowest BCUT2D eigenvalue weighted by Crippen LogP contribution is -2.31. The predicted molar refractivity (Wildman–Crippen MR) is 103 cm³/mol. The average molecular weight is 387 g/mol. The van der Waals surface area contributed by atoms with Crippen LogP contribution in [0.1, 0.15) is 22.6 Å². The Balaban J connectivity index is 1.71. The van der Waals surface area contributed by atoms with Crippen LogP contribution in [0.15, 0.2) is 48.6 Å². The van der Waals surface area contributed by atoms with E-state index in [0.717, 1.165) is 29.8 Å². The number of rotatable bonds is 2. The molecule has 4 rings (SSSR count). The smallest absolute Gasteiger partial charge is 0.258 e. The van der Waals surface area contributed by atoms with Crippen LogP contribution in [0.2, 0.25) is 10.0 Å². The zero-order valence-electron chi connectivity index (χ0n) is 14.1. The highest BCUT2D eigenvalue weighted by molar-refractivity contribution is 6.35. The number of carbonyl (C=O) groups is 2. The molecule has 1 atom stereocenters. The van der Waals surface area contributed by atoms with Crippen molar-refractivity contribution in [2.45, 2.75) is 12.5 Å². The van der Waals surface area contributed by atoms with E-state index in [2.05, 4.69) is 11.9 Å². The number of carbonyl (C=O) groups excluding carboxylic acids is 2. The lowest BCUT2D eigenvalue weighted by molar-refractivity contribution is -0.119. The molecule has 0 spiro atoms. The molecule has 132 valence electrons. The van der Waals surface area contributed by atoms with Crippen LogP contribution in [-0.4, -0.2) is 30.3 Å². The lowest BCUT2D eigenvalue weighted by Gasteiger charge is -2.33. The van der Waals surface area contributed by atoms with Gasteiger partial charge in [0.15, 0.2) is 0 Å². The van der Waals surface area contributed by atoms with E-state index >= 15 is 0 Å². The number of halogens is 2. The molecule has 2 aliphatic rings. The van der Waals surface area contributed by atoms with Gasteiger partial charge in [0.05, 0.1) is 5.69 Å². The molecule has 6 heteroatoms. The fourth-order valence-corrected chi connectivity index (χ4v) is 4.21. The van der Waals surface area contributed by atoms with Gasteiger partial charge in [-0.3, -0.25) is 9.59 Å². The first kappa shape index (κ1) is 17.3. The summed E-state index contributed by atoms with van der Waals surface area (Å²) in [6, 6.07) is 11.3. The number of hydrogen-bond donors (Lipinski definition) is 0. The number of imide groups is 1. The molecule has 26 heavy (non-hydrogen) atoms. The van der Waals surface area contributed by atoms with Crippen LogP contribution in [0.3, 0.4) is 0 Å². The molecule has 0 radical (unpaired) electrons. The van der Waals surface area contributed by atoms with E-state index in [9.17, 15) is 9.59 Å². The predicted octanol–water partition coefficient (Wildman–Crippen LogP) is 4.00. The molecule has 1 unspecified atom stereocenters. The molecule has 0 fully saturated rings. The summed E-state index contributed by atoms with van der Waals surface area (Å²) in [7, 11) is 2.06. The topological polar surface area (TPSA) is 40.6 Å². The van der Waals surface area contributed by atoms with E-state index in [0.29, 0.717) is 15.7 Å². The molecule has 0 N–H and O–H groups in total. The first-order valence-corrected chi connectivity index (χ1v) is 9.02. The number of benzene rings is 2. The minimum absolute atomic E-state index is 0.122. The number of likely N-dealkylation sites (N-methyl/N-ethyl adjacent to an activating group) is 1. The minimum atomic E-state index is -0.316. The zero-order chi connectivity index (χ0) is 18.4. The molecule has 0 saturated carbocycles. The number of nitrogens with zero attached hydrogens (tertiary/aromatic N) is 2. The fraction of sp³-hybridized carbons (Fsp3) is 0.200. The van der Waals surface area contributed by atoms with Gasteiger partial charge in [-0.2, -0.15) is 0 Å². The van der Waals surface area contributed by atoms with Crippen molar-refractivity contribution in [2.24, 2.45) is 0 Å². The Labute approximate surface area is 161 Å². The molecule has 2 heterocycles. The van der Waals surface area contributed by atoms with Gasteiger partial charge in [-0.25, -0.2) is 4.90 Å². The molecular formula is C20H16Cl2N2O2. The quantitative estimate of drug-likeness (QED) is 0.732. The Morgan fingerprint density at radius 2 is 1.65 bits per heavy atom. The van der Waals surface area contributed by atoms with Crippen LogP contribution in [0, 0.1) is 0 Å². The zero-order valence-corrected chi connectivity index (χ0v) is 15.6. The average Bonchev–Trinajstić information content (AvgIpc) is 2.94. The molecule has 0 saturated heterocycles. The second-order valence-corrected chi connectivity index (χ2v) is 7.49. The summed E-state index contributed by atoms with van der Waals surface area (Å²) in [5, 5.41) is 1.30. The van der Waals surface area contributed by atoms with Crippen molar-refractivity contribution in [3.05, 3.63) is 75.3 Å². The van der Waals surface area contributed by atoms with E-state index in [1.807, 2.05) is 18.2 Å². The fourth-order valence-electron chi connectivity index (χ4n) is 3.64. The molecule has 0 aromatic heterocycles. The van der Waals surface area contributed by atoms with Crippen LogP contribution < -0.4 is 4.90 Å². The van der Waals surface area contributed by atoms with E-state index < -0.39 is 0 Å². The highest BCUT2D eigenvalue weighted by Crippen LogP contribution is 2.38. The van der Waals surface area contributed by atoms with Crippen molar-refractivity contribution < 1.29 is 9.59 Å². The number of amides is 2. The third kappa shape index (κ3) is 2.94. The van der Waals surface area contributed by atoms with Crippen molar-refractivity contribution in [3.8, 4) is 0 Å². The molecule has 4 nitrogen and oxygen atoms in total. The Morgan fingerprint density at radius 1 is 1.00 bits per heavy atom. The summed E-state index contributed by atoms with van der Waals surface area (Å²) in [5.41, 5.74) is 3.88. The number of hydrogen-bond acceptors (Lipinski definition) is 3. The maximum absolute atomic E-state index is 11.8. The molecule has 2 aromatic rings. The maximum Gasteiger partial charge on any atom is 0.258 e. The Hall–Kier alpha value is -2.14. The van der Waals surface area contributed by atoms with Crippen molar-refractivity contribution >= 4 is 40.7 Å². The summed E-state index contributed by atoms with van der Waals surface area (Å²) in [6.07, 6.45) is 2.57. The van der Waals surface area contributed by atoms with E-state index in [1.54, 1.807) is 18.2 Å². The van der Waals surface area contributed by atoms with Gasteiger partial charge in [-0.05, 0) is 48.0 Å². The molecule has 0 aliphatic carbocycles.